The molecule has 1 aliphatic rings. The first kappa shape index (κ1) is 11.0. The summed E-state index contributed by atoms with van der Waals surface area (Å²) in [4.78, 5) is 2.68. The Morgan fingerprint density at radius 1 is 1.15 bits per heavy atom. The van der Waals surface area contributed by atoms with E-state index in [-0.39, 0.29) is 0 Å². The molecular formula is C12H25N. The van der Waals surface area contributed by atoms with Crippen molar-refractivity contribution in [3.63, 3.8) is 0 Å². The lowest BCUT2D eigenvalue weighted by Gasteiger charge is -2.36. The zero-order valence-electron chi connectivity index (χ0n) is 9.55. The van der Waals surface area contributed by atoms with Crippen molar-refractivity contribution >= 4 is 0 Å². The van der Waals surface area contributed by atoms with Crippen molar-refractivity contribution in [3.8, 4) is 0 Å². The number of hydrogen-bond donors (Lipinski definition) is 0. The van der Waals surface area contributed by atoms with Crippen LogP contribution >= 0.6 is 0 Å². The Morgan fingerprint density at radius 2 is 1.92 bits per heavy atom. The largest absolute Gasteiger partial charge is 0.300 e. The zero-order chi connectivity index (χ0) is 9.68. The summed E-state index contributed by atoms with van der Waals surface area (Å²) in [6, 6.07) is 0.841. The summed E-state index contributed by atoms with van der Waals surface area (Å²) < 4.78 is 0. The SMILES string of the molecule is CCCCCN1CC(C)CCC1C. The molecule has 2 atom stereocenters. The van der Waals surface area contributed by atoms with E-state index in [9.17, 15) is 0 Å². The molecule has 13 heavy (non-hydrogen) atoms. The van der Waals surface area contributed by atoms with E-state index in [1.165, 1.54) is 45.2 Å². The topological polar surface area (TPSA) is 3.24 Å². The van der Waals surface area contributed by atoms with E-state index in [4.69, 9.17) is 0 Å². The number of rotatable bonds is 4. The molecule has 1 rings (SSSR count). The maximum Gasteiger partial charge on any atom is 0.00671 e. The number of unbranched alkanes of at least 4 members (excludes halogenated alkanes) is 2. The van der Waals surface area contributed by atoms with Gasteiger partial charge in [0.25, 0.3) is 0 Å². The normalized spacial score (nSPS) is 30.7. The molecule has 78 valence electrons. The van der Waals surface area contributed by atoms with Crippen LogP contribution in [0, 0.1) is 5.92 Å². The van der Waals surface area contributed by atoms with E-state index in [2.05, 4.69) is 25.7 Å². The average molecular weight is 183 g/mol. The molecular weight excluding hydrogens is 158 g/mol. The first-order chi connectivity index (χ1) is 6.24. The summed E-state index contributed by atoms with van der Waals surface area (Å²) in [6.45, 7) is 9.73. The van der Waals surface area contributed by atoms with Crippen LogP contribution in [-0.4, -0.2) is 24.0 Å². The minimum absolute atomic E-state index is 0.841. The van der Waals surface area contributed by atoms with Gasteiger partial charge in [0.15, 0.2) is 0 Å². The van der Waals surface area contributed by atoms with Crippen LogP contribution in [0.3, 0.4) is 0 Å². The van der Waals surface area contributed by atoms with E-state index in [0.717, 1.165) is 12.0 Å². The van der Waals surface area contributed by atoms with E-state index >= 15 is 0 Å². The van der Waals surface area contributed by atoms with Crippen molar-refractivity contribution in [2.75, 3.05) is 13.1 Å². The Balaban J connectivity index is 2.21. The number of piperidine rings is 1. The molecule has 1 aliphatic heterocycles. The second kappa shape index (κ2) is 5.64. The van der Waals surface area contributed by atoms with Crippen molar-refractivity contribution in [2.24, 2.45) is 5.92 Å². The van der Waals surface area contributed by atoms with Gasteiger partial charge in [0.2, 0.25) is 0 Å². The Morgan fingerprint density at radius 3 is 2.62 bits per heavy atom. The highest BCUT2D eigenvalue weighted by atomic mass is 15.2. The fourth-order valence-electron chi connectivity index (χ4n) is 2.26. The summed E-state index contributed by atoms with van der Waals surface area (Å²) >= 11 is 0. The highest BCUT2D eigenvalue weighted by Crippen LogP contribution is 2.21. The van der Waals surface area contributed by atoms with Gasteiger partial charge < -0.3 is 4.90 Å². The molecule has 0 aliphatic carbocycles. The number of nitrogens with zero attached hydrogens (tertiary/aromatic N) is 1. The zero-order valence-corrected chi connectivity index (χ0v) is 9.55. The minimum atomic E-state index is 0.841. The van der Waals surface area contributed by atoms with Crippen molar-refractivity contribution in [2.45, 2.75) is 58.9 Å². The van der Waals surface area contributed by atoms with Gasteiger partial charge in [-0.2, -0.15) is 0 Å². The Hall–Kier alpha value is -0.0400. The number of hydrogen-bond acceptors (Lipinski definition) is 1. The maximum absolute atomic E-state index is 2.68. The van der Waals surface area contributed by atoms with E-state index in [0.29, 0.717) is 0 Å². The molecule has 0 aromatic carbocycles. The van der Waals surface area contributed by atoms with Crippen LogP contribution in [0.2, 0.25) is 0 Å². The summed E-state index contributed by atoms with van der Waals surface area (Å²) in [6.07, 6.45) is 6.99. The third-order valence-corrected chi connectivity index (χ3v) is 3.30. The highest BCUT2D eigenvalue weighted by Gasteiger charge is 2.21. The van der Waals surface area contributed by atoms with Crippen molar-refractivity contribution in [3.05, 3.63) is 0 Å². The van der Waals surface area contributed by atoms with Gasteiger partial charge >= 0.3 is 0 Å². The van der Waals surface area contributed by atoms with Gasteiger partial charge in [-0.15, -0.1) is 0 Å². The summed E-state index contributed by atoms with van der Waals surface area (Å²) in [7, 11) is 0. The lowest BCUT2D eigenvalue weighted by molar-refractivity contribution is 0.123. The van der Waals surface area contributed by atoms with Crippen LogP contribution in [0.4, 0.5) is 0 Å². The molecule has 1 heterocycles. The van der Waals surface area contributed by atoms with Crippen molar-refractivity contribution < 1.29 is 0 Å². The molecule has 1 saturated heterocycles. The van der Waals surface area contributed by atoms with Crippen LogP contribution < -0.4 is 0 Å². The minimum Gasteiger partial charge on any atom is -0.300 e. The predicted molar refractivity (Wildman–Crippen MR) is 59.0 cm³/mol. The molecule has 0 bridgehead atoms. The summed E-state index contributed by atoms with van der Waals surface area (Å²) in [5.74, 6) is 0.929. The molecule has 0 amide bonds. The number of likely N-dealkylation sites (tertiary alicyclic amines) is 1. The van der Waals surface area contributed by atoms with Crippen LogP contribution in [0.25, 0.3) is 0 Å². The van der Waals surface area contributed by atoms with Crippen molar-refractivity contribution in [1.82, 2.24) is 4.90 Å². The smallest absolute Gasteiger partial charge is 0.00671 e. The molecule has 1 fully saturated rings. The molecule has 0 saturated carbocycles. The average Bonchev–Trinajstić information content (AvgIpc) is 2.11. The van der Waals surface area contributed by atoms with Gasteiger partial charge in [-0.25, -0.2) is 0 Å². The molecule has 2 unspecified atom stereocenters. The quantitative estimate of drug-likeness (QED) is 0.604. The monoisotopic (exact) mass is 183 g/mol. The second-order valence-electron chi connectivity index (χ2n) is 4.73. The van der Waals surface area contributed by atoms with E-state index in [1.807, 2.05) is 0 Å². The maximum atomic E-state index is 2.68. The van der Waals surface area contributed by atoms with Gasteiger partial charge in [0.1, 0.15) is 0 Å². The van der Waals surface area contributed by atoms with E-state index in [1.54, 1.807) is 0 Å². The lowest BCUT2D eigenvalue weighted by Crippen LogP contribution is -2.41. The predicted octanol–water partition coefficient (Wildman–Crippen LogP) is 3.30. The Kier molecular flexibility index (Phi) is 4.79. The first-order valence-corrected chi connectivity index (χ1v) is 5.98. The fourth-order valence-corrected chi connectivity index (χ4v) is 2.26. The Labute approximate surface area is 83.5 Å². The molecule has 1 nitrogen and oxygen atoms in total. The van der Waals surface area contributed by atoms with Crippen LogP contribution in [0.1, 0.15) is 52.9 Å². The second-order valence-corrected chi connectivity index (χ2v) is 4.73. The van der Waals surface area contributed by atoms with Gasteiger partial charge in [-0.05, 0) is 38.6 Å². The van der Waals surface area contributed by atoms with Gasteiger partial charge in [-0.1, -0.05) is 26.7 Å². The third kappa shape index (κ3) is 3.68. The molecule has 0 aromatic heterocycles. The van der Waals surface area contributed by atoms with Crippen molar-refractivity contribution in [1.29, 1.82) is 0 Å². The van der Waals surface area contributed by atoms with Crippen LogP contribution in [-0.2, 0) is 0 Å². The molecule has 0 N–H and O–H groups in total. The van der Waals surface area contributed by atoms with Crippen LogP contribution in [0.5, 0.6) is 0 Å². The van der Waals surface area contributed by atoms with Gasteiger partial charge in [0.05, 0.1) is 0 Å². The highest BCUT2D eigenvalue weighted by molar-refractivity contribution is 4.76. The fraction of sp³-hybridized carbons (Fsp3) is 1.00. The first-order valence-electron chi connectivity index (χ1n) is 5.98. The van der Waals surface area contributed by atoms with Gasteiger partial charge in [0, 0.05) is 12.6 Å². The standard InChI is InChI=1S/C12H25N/c1-4-5-6-9-13-10-11(2)7-8-12(13)3/h11-12H,4-10H2,1-3H3. The summed E-state index contributed by atoms with van der Waals surface area (Å²) in [5.41, 5.74) is 0. The van der Waals surface area contributed by atoms with Crippen LogP contribution in [0.15, 0.2) is 0 Å². The molecule has 1 heteroatoms. The lowest BCUT2D eigenvalue weighted by atomic mass is 9.95. The molecule has 0 aromatic rings. The molecule has 0 spiro atoms. The summed E-state index contributed by atoms with van der Waals surface area (Å²) in [5, 5.41) is 0. The van der Waals surface area contributed by atoms with E-state index < -0.39 is 0 Å². The van der Waals surface area contributed by atoms with Gasteiger partial charge in [-0.3, -0.25) is 0 Å². The molecule has 0 radical (unpaired) electrons. The third-order valence-electron chi connectivity index (χ3n) is 3.30. The Bertz CT molecular complexity index is 133.